The zero-order valence-corrected chi connectivity index (χ0v) is 12.9. The highest BCUT2D eigenvalue weighted by molar-refractivity contribution is 7.13. The van der Waals surface area contributed by atoms with Crippen LogP contribution >= 0.6 is 11.3 Å². The topological polar surface area (TPSA) is 43.4 Å². The maximum Gasteiger partial charge on any atom is 0.161 e. The first kappa shape index (κ1) is 14.8. The number of nitrogens with one attached hydrogen (secondary N) is 1. The first-order valence-electron chi connectivity index (χ1n) is 6.68. The molecule has 0 aliphatic carbocycles. The Labute approximate surface area is 123 Å². The summed E-state index contributed by atoms with van der Waals surface area (Å²) in [5.41, 5.74) is 2.11. The van der Waals surface area contributed by atoms with Crippen LogP contribution in [-0.2, 0) is 6.54 Å². The van der Waals surface area contributed by atoms with Crippen molar-refractivity contribution in [2.24, 2.45) is 0 Å². The van der Waals surface area contributed by atoms with E-state index in [0.717, 1.165) is 40.7 Å². The SMILES string of the molecule is CCCOc1ccc(-c2nc(CNC)cs2)cc1OC. The lowest BCUT2D eigenvalue weighted by atomic mass is 10.2. The molecule has 0 amide bonds. The van der Waals surface area contributed by atoms with Gasteiger partial charge in [-0.1, -0.05) is 6.92 Å². The number of hydrogen-bond donors (Lipinski definition) is 1. The van der Waals surface area contributed by atoms with Gasteiger partial charge in [0.25, 0.3) is 0 Å². The van der Waals surface area contributed by atoms with Crippen LogP contribution in [0.1, 0.15) is 19.0 Å². The van der Waals surface area contributed by atoms with Gasteiger partial charge in [-0.15, -0.1) is 11.3 Å². The molecule has 0 radical (unpaired) electrons. The van der Waals surface area contributed by atoms with Crippen molar-refractivity contribution in [3.05, 3.63) is 29.3 Å². The Kier molecular flexibility index (Phi) is 5.38. The van der Waals surface area contributed by atoms with Gasteiger partial charge in [0, 0.05) is 17.5 Å². The van der Waals surface area contributed by atoms with Crippen molar-refractivity contribution >= 4 is 11.3 Å². The van der Waals surface area contributed by atoms with Crippen LogP contribution in [0.2, 0.25) is 0 Å². The predicted octanol–water partition coefficient (Wildman–Crippen LogP) is 3.33. The molecule has 2 aromatic rings. The molecule has 0 saturated carbocycles. The van der Waals surface area contributed by atoms with Gasteiger partial charge < -0.3 is 14.8 Å². The second kappa shape index (κ2) is 7.26. The fourth-order valence-electron chi connectivity index (χ4n) is 1.83. The highest BCUT2D eigenvalue weighted by atomic mass is 32.1. The van der Waals surface area contributed by atoms with Gasteiger partial charge >= 0.3 is 0 Å². The predicted molar refractivity (Wildman–Crippen MR) is 82.7 cm³/mol. The zero-order chi connectivity index (χ0) is 14.4. The Bertz CT molecular complexity index is 555. The molecule has 0 fully saturated rings. The van der Waals surface area contributed by atoms with Crippen LogP contribution in [0, 0.1) is 0 Å². The summed E-state index contributed by atoms with van der Waals surface area (Å²) in [6, 6.07) is 5.95. The summed E-state index contributed by atoms with van der Waals surface area (Å²) in [5.74, 6) is 1.53. The summed E-state index contributed by atoms with van der Waals surface area (Å²) in [6.07, 6.45) is 0.977. The van der Waals surface area contributed by atoms with Gasteiger partial charge in [-0.05, 0) is 31.7 Å². The van der Waals surface area contributed by atoms with E-state index in [1.807, 2.05) is 25.2 Å². The number of ether oxygens (including phenoxy) is 2. The van der Waals surface area contributed by atoms with Crippen LogP contribution in [0.25, 0.3) is 10.6 Å². The Balaban J connectivity index is 2.23. The van der Waals surface area contributed by atoms with Crippen molar-refractivity contribution in [2.75, 3.05) is 20.8 Å². The van der Waals surface area contributed by atoms with E-state index in [1.165, 1.54) is 0 Å². The molecule has 0 bridgehead atoms. The molecule has 1 aromatic heterocycles. The molecular weight excluding hydrogens is 272 g/mol. The van der Waals surface area contributed by atoms with Crippen LogP contribution in [-0.4, -0.2) is 25.7 Å². The van der Waals surface area contributed by atoms with Crippen molar-refractivity contribution in [3.8, 4) is 22.1 Å². The average Bonchev–Trinajstić information content (AvgIpc) is 2.94. The number of rotatable bonds is 7. The second-order valence-electron chi connectivity index (χ2n) is 4.39. The number of hydrogen-bond acceptors (Lipinski definition) is 5. The number of aromatic nitrogens is 1. The quantitative estimate of drug-likeness (QED) is 0.850. The van der Waals surface area contributed by atoms with E-state index >= 15 is 0 Å². The standard InChI is InChI=1S/C15H20N2O2S/c1-4-7-19-13-6-5-11(8-14(13)18-3)15-17-12(9-16-2)10-20-15/h5-6,8,10,16H,4,7,9H2,1-3H3. The third-order valence-corrected chi connectivity index (χ3v) is 3.72. The monoisotopic (exact) mass is 292 g/mol. The van der Waals surface area contributed by atoms with Gasteiger partial charge in [-0.25, -0.2) is 4.98 Å². The number of benzene rings is 1. The van der Waals surface area contributed by atoms with Crippen molar-refractivity contribution in [1.29, 1.82) is 0 Å². The highest BCUT2D eigenvalue weighted by Gasteiger charge is 2.09. The van der Waals surface area contributed by atoms with Gasteiger partial charge in [0.15, 0.2) is 11.5 Å². The number of methoxy groups -OCH3 is 1. The van der Waals surface area contributed by atoms with E-state index in [4.69, 9.17) is 9.47 Å². The van der Waals surface area contributed by atoms with Gasteiger partial charge in [-0.3, -0.25) is 0 Å². The molecule has 1 aromatic carbocycles. The largest absolute Gasteiger partial charge is 0.493 e. The molecular formula is C15H20N2O2S. The Morgan fingerprint density at radius 1 is 1.30 bits per heavy atom. The molecule has 0 saturated heterocycles. The maximum atomic E-state index is 5.66. The van der Waals surface area contributed by atoms with E-state index < -0.39 is 0 Å². The summed E-state index contributed by atoms with van der Waals surface area (Å²) < 4.78 is 11.1. The van der Waals surface area contributed by atoms with Gasteiger partial charge in [0.05, 0.1) is 19.4 Å². The molecule has 1 heterocycles. The molecule has 0 aliphatic rings. The molecule has 1 N–H and O–H groups in total. The third-order valence-electron chi connectivity index (χ3n) is 2.78. The molecule has 0 aliphatic heterocycles. The minimum Gasteiger partial charge on any atom is -0.493 e. The normalized spacial score (nSPS) is 10.6. The van der Waals surface area contributed by atoms with Crippen LogP contribution in [0.4, 0.5) is 0 Å². The molecule has 108 valence electrons. The van der Waals surface area contributed by atoms with E-state index in [1.54, 1.807) is 18.4 Å². The summed E-state index contributed by atoms with van der Waals surface area (Å²) in [4.78, 5) is 4.60. The third kappa shape index (κ3) is 3.49. The number of thiazole rings is 1. The molecule has 0 spiro atoms. The lowest BCUT2D eigenvalue weighted by Crippen LogP contribution is -2.04. The molecule has 0 unspecified atom stereocenters. The van der Waals surface area contributed by atoms with E-state index in [9.17, 15) is 0 Å². The lowest BCUT2D eigenvalue weighted by Gasteiger charge is -2.10. The van der Waals surface area contributed by atoms with Crippen molar-refractivity contribution < 1.29 is 9.47 Å². The Morgan fingerprint density at radius 3 is 2.85 bits per heavy atom. The summed E-state index contributed by atoms with van der Waals surface area (Å²) in [7, 11) is 3.58. The van der Waals surface area contributed by atoms with Crippen LogP contribution in [0.3, 0.4) is 0 Å². The van der Waals surface area contributed by atoms with Gasteiger partial charge in [0.2, 0.25) is 0 Å². The summed E-state index contributed by atoms with van der Waals surface area (Å²) >= 11 is 1.64. The minimum absolute atomic E-state index is 0.694. The average molecular weight is 292 g/mol. The Morgan fingerprint density at radius 2 is 2.15 bits per heavy atom. The summed E-state index contributed by atoms with van der Waals surface area (Å²) in [5, 5.41) is 6.17. The maximum absolute atomic E-state index is 5.66. The van der Waals surface area contributed by atoms with Crippen molar-refractivity contribution in [1.82, 2.24) is 10.3 Å². The Hall–Kier alpha value is -1.59. The first-order chi connectivity index (χ1) is 9.78. The molecule has 0 atom stereocenters. The number of nitrogens with zero attached hydrogens (tertiary/aromatic N) is 1. The fourth-order valence-corrected chi connectivity index (χ4v) is 2.65. The molecule has 20 heavy (non-hydrogen) atoms. The van der Waals surface area contributed by atoms with Gasteiger partial charge in [-0.2, -0.15) is 0 Å². The first-order valence-corrected chi connectivity index (χ1v) is 7.56. The minimum atomic E-state index is 0.694. The highest BCUT2D eigenvalue weighted by Crippen LogP contribution is 2.33. The van der Waals surface area contributed by atoms with Crippen molar-refractivity contribution in [2.45, 2.75) is 19.9 Å². The van der Waals surface area contributed by atoms with Gasteiger partial charge in [0.1, 0.15) is 5.01 Å². The van der Waals surface area contributed by atoms with E-state index in [2.05, 4.69) is 22.6 Å². The van der Waals surface area contributed by atoms with E-state index in [-0.39, 0.29) is 0 Å². The van der Waals surface area contributed by atoms with E-state index in [0.29, 0.717) is 6.61 Å². The fraction of sp³-hybridized carbons (Fsp3) is 0.400. The molecule has 5 heteroatoms. The van der Waals surface area contributed by atoms with Crippen molar-refractivity contribution in [3.63, 3.8) is 0 Å². The van der Waals surface area contributed by atoms with Crippen LogP contribution < -0.4 is 14.8 Å². The summed E-state index contributed by atoms with van der Waals surface area (Å²) in [6.45, 7) is 3.56. The second-order valence-corrected chi connectivity index (χ2v) is 5.25. The van der Waals surface area contributed by atoms with Crippen LogP contribution in [0.15, 0.2) is 23.6 Å². The molecule has 4 nitrogen and oxygen atoms in total. The zero-order valence-electron chi connectivity index (χ0n) is 12.1. The molecule has 2 rings (SSSR count). The lowest BCUT2D eigenvalue weighted by molar-refractivity contribution is 0.294. The van der Waals surface area contributed by atoms with Crippen LogP contribution in [0.5, 0.6) is 11.5 Å². The smallest absolute Gasteiger partial charge is 0.161 e.